The van der Waals surface area contributed by atoms with Crippen LogP contribution in [0, 0.1) is 0 Å². The van der Waals surface area contributed by atoms with Crippen LogP contribution >= 0.6 is 0 Å². The number of carboxylic acids is 1. The van der Waals surface area contributed by atoms with Gasteiger partial charge in [-0.25, -0.2) is 18.4 Å². The topological polar surface area (TPSA) is 119 Å². The fourth-order valence-electron chi connectivity index (χ4n) is 1.80. The van der Waals surface area contributed by atoms with Gasteiger partial charge in [0.05, 0.1) is 10.5 Å². The summed E-state index contributed by atoms with van der Waals surface area (Å²) in [4.78, 5) is 11.0. The zero-order chi connectivity index (χ0) is 15.9. The van der Waals surface area contributed by atoms with Crippen molar-refractivity contribution in [3.63, 3.8) is 0 Å². The Bertz CT molecular complexity index is 586. The van der Waals surface area contributed by atoms with Gasteiger partial charge in [-0.2, -0.15) is 0 Å². The Morgan fingerprint density at radius 3 is 2.62 bits per heavy atom. The lowest BCUT2D eigenvalue weighted by Gasteiger charge is -2.10. The van der Waals surface area contributed by atoms with Gasteiger partial charge in [0.2, 0.25) is 10.0 Å². The highest BCUT2D eigenvalue weighted by molar-refractivity contribution is 7.89. The fraction of sp³-hybridized carbons (Fsp3) is 0.462. The molecule has 0 radical (unpaired) electrons. The van der Waals surface area contributed by atoms with Gasteiger partial charge in [0.1, 0.15) is 0 Å². The van der Waals surface area contributed by atoms with Crippen LogP contribution in [0.4, 0.5) is 5.69 Å². The van der Waals surface area contributed by atoms with E-state index in [9.17, 15) is 13.2 Å². The van der Waals surface area contributed by atoms with Gasteiger partial charge in [-0.1, -0.05) is 0 Å². The third-order valence-corrected chi connectivity index (χ3v) is 3.80. The van der Waals surface area contributed by atoms with Crippen molar-refractivity contribution in [2.75, 3.05) is 25.6 Å². The van der Waals surface area contributed by atoms with Gasteiger partial charge in [0.25, 0.3) is 0 Å². The number of nitrogens with two attached hydrogens (primary N) is 1. The maximum absolute atomic E-state index is 11.2. The predicted molar refractivity (Wildman–Crippen MR) is 79.0 cm³/mol. The molecule has 0 aromatic heterocycles. The van der Waals surface area contributed by atoms with E-state index in [1.54, 1.807) is 7.11 Å². The molecule has 0 heterocycles. The van der Waals surface area contributed by atoms with Crippen LogP contribution in [-0.4, -0.2) is 39.8 Å². The molecular weight excluding hydrogens is 296 g/mol. The minimum atomic E-state index is -3.92. The number of methoxy groups -OCH3 is 1. The molecule has 1 aromatic carbocycles. The molecule has 0 fully saturated rings. The van der Waals surface area contributed by atoms with Crippen LogP contribution in [0.15, 0.2) is 23.1 Å². The summed E-state index contributed by atoms with van der Waals surface area (Å²) < 4.78 is 27.4. The summed E-state index contributed by atoms with van der Waals surface area (Å²) in [6.45, 7) is 1.29. The van der Waals surface area contributed by atoms with Crippen molar-refractivity contribution in [2.45, 2.75) is 24.2 Å². The molecule has 1 rings (SSSR count). The van der Waals surface area contributed by atoms with Crippen LogP contribution in [0.3, 0.4) is 0 Å². The summed E-state index contributed by atoms with van der Waals surface area (Å²) in [6, 6.07) is 3.76. The van der Waals surface area contributed by atoms with E-state index >= 15 is 0 Å². The number of anilines is 1. The summed E-state index contributed by atoms with van der Waals surface area (Å²) in [7, 11) is -2.27. The van der Waals surface area contributed by atoms with E-state index in [4.69, 9.17) is 15.0 Å². The number of ether oxygens (including phenoxy) is 1. The van der Waals surface area contributed by atoms with E-state index in [1.165, 1.54) is 12.1 Å². The molecule has 0 amide bonds. The first-order valence-electron chi connectivity index (χ1n) is 6.49. The highest BCUT2D eigenvalue weighted by atomic mass is 32.2. The number of rotatable bonds is 9. The third kappa shape index (κ3) is 5.70. The zero-order valence-electron chi connectivity index (χ0n) is 11.8. The van der Waals surface area contributed by atoms with Gasteiger partial charge >= 0.3 is 5.97 Å². The van der Waals surface area contributed by atoms with E-state index in [-0.39, 0.29) is 10.5 Å². The number of unbranched alkanes of at least 4 members (excludes halogenated alkanes) is 2. The Balaban J connectivity index is 2.72. The SMILES string of the molecule is COCCCCCNc1ccc(S(N)(=O)=O)cc1C(=O)O. The number of hydrogen-bond acceptors (Lipinski definition) is 5. The van der Waals surface area contributed by atoms with Crippen LogP contribution in [0.25, 0.3) is 0 Å². The van der Waals surface area contributed by atoms with Gasteiger partial charge in [-0.05, 0) is 37.5 Å². The van der Waals surface area contributed by atoms with Crippen molar-refractivity contribution in [1.29, 1.82) is 0 Å². The highest BCUT2D eigenvalue weighted by Crippen LogP contribution is 2.20. The highest BCUT2D eigenvalue weighted by Gasteiger charge is 2.15. The van der Waals surface area contributed by atoms with Crippen LogP contribution in [0.5, 0.6) is 0 Å². The van der Waals surface area contributed by atoms with Crippen LogP contribution in [-0.2, 0) is 14.8 Å². The second kappa shape index (κ2) is 7.96. The molecule has 0 atom stereocenters. The Hall–Kier alpha value is -1.64. The number of benzene rings is 1. The first-order valence-corrected chi connectivity index (χ1v) is 8.04. The molecule has 1 aromatic rings. The average Bonchev–Trinajstić information content (AvgIpc) is 2.41. The second-order valence-electron chi connectivity index (χ2n) is 4.54. The molecule has 0 aliphatic heterocycles. The number of primary sulfonamides is 1. The molecule has 0 aliphatic carbocycles. The number of sulfonamides is 1. The number of hydrogen-bond donors (Lipinski definition) is 3. The summed E-state index contributed by atoms with van der Waals surface area (Å²) >= 11 is 0. The van der Waals surface area contributed by atoms with Crippen LogP contribution in [0.1, 0.15) is 29.6 Å². The number of nitrogens with one attached hydrogen (secondary N) is 1. The van der Waals surface area contributed by atoms with Gasteiger partial charge in [-0.15, -0.1) is 0 Å². The molecule has 21 heavy (non-hydrogen) atoms. The van der Waals surface area contributed by atoms with E-state index in [2.05, 4.69) is 5.32 Å². The smallest absolute Gasteiger partial charge is 0.337 e. The largest absolute Gasteiger partial charge is 0.478 e. The number of carbonyl (C=O) groups is 1. The molecule has 8 heteroatoms. The summed E-state index contributed by atoms with van der Waals surface area (Å²) in [5.74, 6) is -1.21. The summed E-state index contributed by atoms with van der Waals surface area (Å²) in [6.07, 6.45) is 2.76. The van der Waals surface area contributed by atoms with Crippen LogP contribution in [0.2, 0.25) is 0 Å². The van der Waals surface area contributed by atoms with Gasteiger partial charge in [0, 0.05) is 25.9 Å². The lowest BCUT2D eigenvalue weighted by Crippen LogP contribution is -2.14. The molecule has 0 unspecified atom stereocenters. The van der Waals surface area contributed by atoms with Crippen molar-refractivity contribution in [2.24, 2.45) is 5.14 Å². The zero-order valence-corrected chi connectivity index (χ0v) is 12.6. The molecule has 0 aliphatic rings. The standard InChI is InChI=1S/C13H20N2O5S/c1-20-8-4-2-3-7-15-12-6-5-10(21(14,18)19)9-11(12)13(16)17/h5-6,9,15H,2-4,7-8H2,1H3,(H,16,17)(H2,14,18,19). The molecule has 0 spiro atoms. The van der Waals surface area contributed by atoms with E-state index in [0.717, 1.165) is 25.3 Å². The van der Waals surface area contributed by atoms with Crippen LogP contribution < -0.4 is 10.5 Å². The Morgan fingerprint density at radius 1 is 1.33 bits per heavy atom. The first-order chi connectivity index (χ1) is 9.86. The Kier molecular flexibility index (Phi) is 6.60. The number of carboxylic acid groups (broad SMARTS) is 1. The predicted octanol–water partition coefficient (Wildman–Crippen LogP) is 1.26. The maximum atomic E-state index is 11.2. The van der Waals surface area contributed by atoms with Crippen molar-refractivity contribution >= 4 is 21.7 Å². The average molecular weight is 316 g/mol. The van der Waals surface area contributed by atoms with Crippen molar-refractivity contribution in [3.8, 4) is 0 Å². The lowest BCUT2D eigenvalue weighted by molar-refractivity contribution is 0.0697. The molecule has 0 bridgehead atoms. The van der Waals surface area contributed by atoms with Crippen molar-refractivity contribution in [1.82, 2.24) is 0 Å². The normalized spacial score (nSPS) is 11.3. The minimum absolute atomic E-state index is 0.113. The van der Waals surface area contributed by atoms with E-state index in [0.29, 0.717) is 18.8 Å². The molecule has 4 N–H and O–H groups in total. The van der Waals surface area contributed by atoms with E-state index in [1.807, 2.05) is 0 Å². The number of aromatic carboxylic acids is 1. The Morgan fingerprint density at radius 2 is 2.05 bits per heavy atom. The summed E-state index contributed by atoms with van der Waals surface area (Å²) in [5, 5.41) is 17.1. The van der Waals surface area contributed by atoms with Gasteiger partial charge in [-0.3, -0.25) is 0 Å². The van der Waals surface area contributed by atoms with Gasteiger partial charge < -0.3 is 15.2 Å². The second-order valence-corrected chi connectivity index (χ2v) is 6.10. The monoisotopic (exact) mass is 316 g/mol. The van der Waals surface area contributed by atoms with Gasteiger partial charge in [0.15, 0.2) is 0 Å². The fourth-order valence-corrected chi connectivity index (χ4v) is 2.34. The molecule has 7 nitrogen and oxygen atoms in total. The first kappa shape index (κ1) is 17.4. The van der Waals surface area contributed by atoms with Crippen molar-refractivity contribution < 1.29 is 23.1 Å². The lowest BCUT2D eigenvalue weighted by atomic mass is 10.1. The quantitative estimate of drug-likeness (QED) is 0.590. The maximum Gasteiger partial charge on any atom is 0.337 e. The molecule has 0 saturated heterocycles. The Labute approximate surface area is 124 Å². The van der Waals surface area contributed by atoms with E-state index < -0.39 is 16.0 Å². The minimum Gasteiger partial charge on any atom is -0.478 e. The molecule has 118 valence electrons. The molecule has 0 saturated carbocycles. The van der Waals surface area contributed by atoms with Crippen molar-refractivity contribution in [3.05, 3.63) is 23.8 Å². The molecular formula is C13H20N2O5S. The summed E-state index contributed by atoms with van der Waals surface area (Å²) in [5.41, 5.74) is 0.264. The third-order valence-electron chi connectivity index (χ3n) is 2.89.